The SMILES string of the molecule is CCOc1ccccc1OCCC1NCc2ccccc21. The molecule has 0 saturated heterocycles. The summed E-state index contributed by atoms with van der Waals surface area (Å²) < 4.78 is 11.5. The van der Waals surface area contributed by atoms with Crippen molar-refractivity contribution in [3.63, 3.8) is 0 Å². The van der Waals surface area contributed by atoms with Crippen molar-refractivity contribution in [1.82, 2.24) is 5.32 Å². The van der Waals surface area contributed by atoms with Crippen molar-refractivity contribution in [2.75, 3.05) is 13.2 Å². The number of para-hydroxylation sites is 2. The lowest BCUT2D eigenvalue weighted by Gasteiger charge is -2.15. The zero-order valence-electron chi connectivity index (χ0n) is 12.3. The summed E-state index contributed by atoms with van der Waals surface area (Å²) in [5.74, 6) is 1.64. The first-order chi connectivity index (χ1) is 10.4. The third kappa shape index (κ3) is 3.19. The summed E-state index contributed by atoms with van der Waals surface area (Å²) in [5, 5.41) is 3.54. The van der Waals surface area contributed by atoms with E-state index in [0.29, 0.717) is 19.3 Å². The minimum Gasteiger partial charge on any atom is -0.490 e. The fourth-order valence-electron chi connectivity index (χ4n) is 2.77. The van der Waals surface area contributed by atoms with E-state index in [2.05, 4.69) is 29.6 Å². The van der Waals surface area contributed by atoms with Crippen LogP contribution in [0.5, 0.6) is 11.5 Å². The number of fused-ring (bicyclic) bond motifs is 1. The molecule has 0 amide bonds. The smallest absolute Gasteiger partial charge is 0.161 e. The molecule has 0 radical (unpaired) electrons. The number of benzene rings is 2. The highest BCUT2D eigenvalue weighted by molar-refractivity contribution is 5.39. The summed E-state index contributed by atoms with van der Waals surface area (Å²) in [5.41, 5.74) is 2.80. The van der Waals surface area contributed by atoms with Crippen LogP contribution in [-0.4, -0.2) is 13.2 Å². The second-order valence-electron chi connectivity index (χ2n) is 5.15. The van der Waals surface area contributed by atoms with Crippen LogP contribution in [0.4, 0.5) is 0 Å². The lowest BCUT2D eigenvalue weighted by Crippen LogP contribution is -2.15. The van der Waals surface area contributed by atoms with Crippen molar-refractivity contribution in [2.45, 2.75) is 25.9 Å². The number of nitrogens with one attached hydrogen (secondary N) is 1. The van der Waals surface area contributed by atoms with E-state index in [1.165, 1.54) is 11.1 Å². The topological polar surface area (TPSA) is 30.5 Å². The molecule has 3 heteroatoms. The Bertz CT molecular complexity index is 597. The van der Waals surface area contributed by atoms with Gasteiger partial charge in [-0.1, -0.05) is 36.4 Å². The Kier molecular flexibility index (Phi) is 4.41. The lowest BCUT2D eigenvalue weighted by molar-refractivity contribution is 0.262. The quantitative estimate of drug-likeness (QED) is 0.877. The van der Waals surface area contributed by atoms with Crippen LogP contribution in [0, 0.1) is 0 Å². The Hall–Kier alpha value is -2.00. The molecule has 110 valence electrons. The van der Waals surface area contributed by atoms with Gasteiger partial charge in [0.2, 0.25) is 0 Å². The molecule has 1 aliphatic heterocycles. The van der Waals surface area contributed by atoms with E-state index in [4.69, 9.17) is 9.47 Å². The van der Waals surface area contributed by atoms with Gasteiger partial charge in [0.1, 0.15) is 0 Å². The first-order valence-corrected chi connectivity index (χ1v) is 7.54. The highest BCUT2D eigenvalue weighted by atomic mass is 16.5. The van der Waals surface area contributed by atoms with Gasteiger partial charge in [-0.3, -0.25) is 0 Å². The van der Waals surface area contributed by atoms with Crippen molar-refractivity contribution < 1.29 is 9.47 Å². The van der Waals surface area contributed by atoms with Crippen LogP contribution in [0.2, 0.25) is 0 Å². The molecular formula is C18H21NO2. The molecule has 0 aliphatic carbocycles. The molecule has 0 bridgehead atoms. The second-order valence-corrected chi connectivity index (χ2v) is 5.15. The van der Waals surface area contributed by atoms with Gasteiger partial charge in [-0.25, -0.2) is 0 Å². The van der Waals surface area contributed by atoms with Gasteiger partial charge in [0.05, 0.1) is 13.2 Å². The van der Waals surface area contributed by atoms with Crippen LogP contribution >= 0.6 is 0 Å². The Labute approximate surface area is 125 Å². The standard InChI is InChI=1S/C18H21NO2/c1-2-20-17-9-5-6-10-18(17)21-12-11-16-15-8-4-3-7-14(15)13-19-16/h3-10,16,19H,2,11-13H2,1H3. The summed E-state index contributed by atoms with van der Waals surface area (Å²) in [6, 6.07) is 16.8. The third-order valence-electron chi connectivity index (χ3n) is 3.78. The largest absolute Gasteiger partial charge is 0.490 e. The molecule has 1 N–H and O–H groups in total. The molecule has 2 aromatic rings. The molecule has 1 aliphatic rings. The van der Waals surface area contributed by atoms with Gasteiger partial charge in [0.15, 0.2) is 11.5 Å². The molecule has 3 nitrogen and oxygen atoms in total. The van der Waals surface area contributed by atoms with E-state index < -0.39 is 0 Å². The minimum absolute atomic E-state index is 0.389. The van der Waals surface area contributed by atoms with E-state index in [1.807, 2.05) is 31.2 Å². The molecule has 2 aromatic carbocycles. The third-order valence-corrected chi connectivity index (χ3v) is 3.78. The summed E-state index contributed by atoms with van der Waals surface area (Å²) in [6.45, 7) is 4.26. The fourth-order valence-corrected chi connectivity index (χ4v) is 2.77. The average molecular weight is 283 g/mol. The van der Waals surface area contributed by atoms with Gasteiger partial charge in [-0.05, 0) is 30.2 Å². The van der Waals surface area contributed by atoms with Gasteiger partial charge in [0, 0.05) is 19.0 Å². The average Bonchev–Trinajstić information content (AvgIpc) is 2.93. The highest BCUT2D eigenvalue weighted by Crippen LogP contribution is 2.29. The molecule has 0 saturated carbocycles. The van der Waals surface area contributed by atoms with Crippen LogP contribution in [0.25, 0.3) is 0 Å². The Morgan fingerprint density at radius 2 is 1.71 bits per heavy atom. The molecule has 1 atom stereocenters. The van der Waals surface area contributed by atoms with E-state index >= 15 is 0 Å². The summed E-state index contributed by atoms with van der Waals surface area (Å²) in [6.07, 6.45) is 0.956. The van der Waals surface area contributed by atoms with Crippen molar-refractivity contribution in [2.24, 2.45) is 0 Å². The number of ether oxygens (including phenoxy) is 2. The van der Waals surface area contributed by atoms with E-state index in [-0.39, 0.29) is 0 Å². The van der Waals surface area contributed by atoms with Crippen molar-refractivity contribution in [1.29, 1.82) is 0 Å². The normalized spacial score (nSPS) is 16.5. The first-order valence-electron chi connectivity index (χ1n) is 7.54. The molecule has 3 rings (SSSR count). The number of hydrogen-bond acceptors (Lipinski definition) is 3. The van der Waals surface area contributed by atoms with Crippen LogP contribution in [0.15, 0.2) is 48.5 Å². The highest BCUT2D eigenvalue weighted by Gasteiger charge is 2.20. The van der Waals surface area contributed by atoms with E-state index in [0.717, 1.165) is 24.5 Å². The van der Waals surface area contributed by atoms with Crippen molar-refractivity contribution in [3.8, 4) is 11.5 Å². The zero-order valence-corrected chi connectivity index (χ0v) is 12.3. The van der Waals surface area contributed by atoms with E-state index in [1.54, 1.807) is 0 Å². The molecule has 0 spiro atoms. The van der Waals surface area contributed by atoms with Crippen LogP contribution in [0.3, 0.4) is 0 Å². The Morgan fingerprint density at radius 1 is 1.00 bits per heavy atom. The second kappa shape index (κ2) is 6.64. The van der Waals surface area contributed by atoms with Crippen molar-refractivity contribution in [3.05, 3.63) is 59.7 Å². The van der Waals surface area contributed by atoms with Crippen molar-refractivity contribution >= 4 is 0 Å². The number of hydrogen-bond donors (Lipinski definition) is 1. The summed E-state index contributed by atoms with van der Waals surface area (Å²) in [4.78, 5) is 0. The van der Waals surface area contributed by atoms with Gasteiger partial charge >= 0.3 is 0 Å². The maximum atomic E-state index is 5.90. The van der Waals surface area contributed by atoms with Gasteiger partial charge in [0.25, 0.3) is 0 Å². The molecular weight excluding hydrogens is 262 g/mol. The Morgan fingerprint density at radius 3 is 2.52 bits per heavy atom. The predicted molar refractivity (Wildman–Crippen MR) is 83.7 cm³/mol. The maximum absolute atomic E-state index is 5.90. The maximum Gasteiger partial charge on any atom is 0.161 e. The first kappa shape index (κ1) is 14.0. The molecule has 0 fully saturated rings. The van der Waals surface area contributed by atoms with Crippen LogP contribution in [0.1, 0.15) is 30.5 Å². The Balaban J connectivity index is 1.58. The molecule has 21 heavy (non-hydrogen) atoms. The monoisotopic (exact) mass is 283 g/mol. The molecule has 0 aromatic heterocycles. The minimum atomic E-state index is 0.389. The van der Waals surface area contributed by atoms with E-state index in [9.17, 15) is 0 Å². The number of rotatable bonds is 6. The van der Waals surface area contributed by atoms with Crippen LogP contribution < -0.4 is 14.8 Å². The molecule has 1 unspecified atom stereocenters. The predicted octanol–water partition coefficient (Wildman–Crippen LogP) is 3.70. The summed E-state index contributed by atoms with van der Waals surface area (Å²) in [7, 11) is 0. The lowest BCUT2D eigenvalue weighted by atomic mass is 10.0. The molecule has 1 heterocycles. The van der Waals surface area contributed by atoms with Crippen LogP contribution in [-0.2, 0) is 6.54 Å². The van der Waals surface area contributed by atoms with Gasteiger partial charge in [-0.2, -0.15) is 0 Å². The summed E-state index contributed by atoms with van der Waals surface area (Å²) >= 11 is 0. The fraction of sp³-hybridized carbons (Fsp3) is 0.333. The van der Waals surface area contributed by atoms with Gasteiger partial charge in [-0.15, -0.1) is 0 Å². The van der Waals surface area contributed by atoms with Gasteiger partial charge < -0.3 is 14.8 Å². The zero-order chi connectivity index (χ0) is 14.5.